The van der Waals surface area contributed by atoms with Crippen molar-refractivity contribution in [2.75, 3.05) is 18.0 Å². The molecule has 0 unspecified atom stereocenters. The molecule has 1 aliphatic carbocycles. The van der Waals surface area contributed by atoms with E-state index in [1.54, 1.807) is 0 Å². The van der Waals surface area contributed by atoms with Crippen LogP contribution in [0.4, 0.5) is 14.5 Å². The zero-order valence-electron chi connectivity index (χ0n) is 9.63. The molecule has 1 aromatic carbocycles. The van der Waals surface area contributed by atoms with Gasteiger partial charge in [-0.3, -0.25) is 0 Å². The summed E-state index contributed by atoms with van der Waals surface area (Å²) >= 11 is 0. The van der Waals surface area contributed by atoms with Gasteiger partial charge in [-0.25, -0.2) is 8.78 Å². The SMILES string of the molecule is Fc1cc(F)cc(N2CCN[C@@H]3CCC[C@H]32)c1. The Labute approximate surface area is 99.6 Å². The molecule has 1 aromatic rings. The zero-order chi connectivity index (χ0) is 11.8. The van der Waals surface area contributed by atoms with Gasteiger partial charge in [0.2, 0.25) is 0 Å². The van der Waals surface area contributed by atoms with E-state index in [-0.39, 0.29) is 0 Å². The van der Waals surface area contributed by atoms with Crippen molar-refractivity contribution in [1.29, 1.82) is 0 Å². The minimum atomic E-state index is -0.493. The number of nitrogens with one attached hydrogen (secondary N) is 1. The molecule has 17 heavy (non-hydrogen) atoms. The summed E-state index contributed by atoms with van der Waals surface area (Å²) in [5, 5.41) is 3.48. The van der Waals surface area contributed by atoms with E-state index in [9.17, 15) is 8.78 Å². The van der Waals surface area contributed by atoms with Gasteiger partial charge in [0.15, 0.2) is 0 Å². The Bertz CT molecular complexity index is 402. The number of piperazine rings is 1. The molecule has 1 saturated heterocycles. The van der Waals surface area contributed by atoms with Crippen LogP contribution < -0.4 is 10.2 Å². The van der Waals surface area contributed by atoms with Crippen LogP contribution >= 0.6 is 0 Å². The van der Waals surface area contributed by atoms with Gasteiger partial charge in [0.05, 0.1) is 0 Å². The molecular formula is C13H16F2N2. The molecule has 1 saturated carbocycles. The number of fused-ring (bicyclic) bond motifs is 1. The van der Waals surface area contributed by atoms with E-state index in [1.165, 1.54) is 25.0 Å². The molecule has 1 aliphatic heterocycles. The van der Waals surface area contributed by atoms with Gasteiger partial charge in [-0.15, -0.1) is 0 Å². The average molecular weight is 238 g/mol. The summed E-state index contributed by atoms with van der Waals surface area (Å²) in [5.41, 5.74) is 0.681. The first kappa shape index (κ1) is 11.0. The van der Waals surface area contributed by atoms with E-state index >= 15 is 0 Å². The molecule has 2 nitrogen and oxygen atoms in total. The van der Waals surface area contributed by atoms with Gasteiger partial charge in [-0.1, -0.05) is 0 Å². The lowest BCUT2D eigenvalue weighted by atomic mass is 10.1. The van der Waals surface area contributed by atoms with E-state index in [2.05, 4.69) is 10.2 Å². The van der Waals surface area contributed by atoms with E-state index < -0.39 is 11.6 Å². The molecule has 0 aromatic heterocycles. The smallest absolute Gasteiger partial charge is 0.128 e. The fraction of sp³-hybridized carbons (Fsp3) is 0.538. The van der Waals surface area contributed by atoms with Gasteiger partial charge in [0.25, 0.3) is 0 Å². The summed E-state index contributed by atoms with van der Waals surface area (Å²) in [6.45, 7) is 1.71. The quantitative estimate of drug-likeness (QED) is 0.807. The maximum absolute atomic E-state index is 13.2. The van der Waals surface area contributed by atoms with Crippen LogP contribution in [0.5, 0.6) is 0 Å². The summed E-state index contributed by atoms with van der Waals surface area (Å²) < 4.78 is 26.5. The van der Waals surface area contributed by atoms with E-state index in [1.807, 2.05) is 0 Å². The lowest BCUT2D eigenvalue weighted by molar-refractivity contribution is 0.403. The van der Waals surface area contributed by atoms with Crippen LogP contribution in [0.15, 0.2) is 18.2 Å². The van der Waals surface area contributed by atoms with Crippen molar-refractivity contribution in [3.8, 4) is 0 Å². The molecule has 0 radical (unpaired) electrons. The van der Waals surface area contributed by atoms with Crippen molar-refractivity contribution in [2.24, 2.45) is 0 Å². The van der Waals surface area contributed by atoms with E-state index in [0.717, 1.165) is 25.6 Å². The summed E-state index contributed by atoms with van der Waals surface area (Å²) in [4.78, 5) is 2.15. The Kier molecular flexibility index (Phi) is 2.74. The number of hydrogen-bond acceptors (Lipinski definition) is 2. The standard InChI is InChI=1S/C13H16F2N2/c14-9-6-10(15)8-11(7-9)17-5-4-16-12-2-1-3-13(12)17/h6-8,12-13,16H,1-5H2/t12-,13-/m1/s1. The summed E-state index contributed by atoms with van der Waals surface area (Å²) in [6.07, 6.45) is 3.46. The Balaban J connectivity index is 1.91. The fourth-order valence-corrected chi connectivity index (χ4v) is 3.11. The average Bonchev–Trinajstić information content (AvgIpc) is 2.75. The van der Waals surface area contributed by atoms with Crippen molar-refractivity contribution in [3.63, 3.8) is 0 Å². The monoisotopic (exact) mass is 238 g/mol. The van der Waals surface area contributed by atoms with Crippen LogP contribution in [-0.4, -0.2) is 25.2 Å². The van der Waals surface area contributed by atoms with Crippen molar-refractivity contribution in [2.45, 2.75) is 31.3 Å². The zero-order valence-corrected chi connectivity index (χ0v) is 9.63. The molecule has 0 amide bonds. The fourth-order valence-electron chi connectivity index (χ4n) is 3.11. The largest absolute Gasteiger partial charge is 0.366 e. The van der Waals surface area contributed by atoms with Crippen molar-refractivity contribution < 1.29 is 8.78 Å². The first-order valence-electron chi connectivity index (χ1n) is 6.20. The normalized spacial score (nSPS) is 28.2. The highest BCUT2D eigenvalue weighted by atomic mass is 19.1. The number of anilines is 1. The third-order valence-electron chi connectivity index (χ3n) is 3.82. The van der Waals surface area contributed by atoms with Crippen molar-refractivity contribution in [3.05, 3.63) is 29.8 Å². The van der Waals surface area contributed by atoms with Gasteiger partial charge in [0, 0.05) is 36.9 Å². The topological polar surface area (TPSA) is 15.3 Å². The van der Waals surface area contributed by atoms with Gasteiger partial charge in [-0.05, 0) is 31.4 Å². The van der Waals surface area contributed by atoms with Crippen LogP contribution in [0.2, 0.25) is 0 Å². The highest BCUT2D eigenvalue weighted by Crippen LogP contribution is 2.31. The van der Waals surface area contributed by atoms with E-state index in [0.29, 0.717) is 17.8 Å². The number of halogens is 2. The van der Waals surface area contributed by atoms with Crippen molar-refractivity contribution >= 4 is 5.69 Å². The van der Waals surface area contributed by atoms with Crippen LogP contribution in [0.25, 0.3) is 0 Å². The lowest BCUT2D eigenvalue weighted by Gasteiger charge is -2.40. The number of nitrogens with zero attached hydrogens (tertiary/aromatic N) is 1. The molecule has 1 N–H and O–H groups in total. The molecule has 2 aliphatic rings. The second kappa shape index (κ2) is 4.26. The maximum atomic E-state index is 13.2. The lowest BCUT2D eigenvalue weighted by Crippen LogP contribution is -2.55. The van der Waals surface area contributed by atoms with Gasteiger partial charge in [-0.2, -0.15) is 0 Å². The molecule has 0 bridgehead atoms. The third-order valence-corrected chi connectivity index (χ3v) is 3.82. The molecule has 0 spiro atoms. The minimum absolute atomic E-state index is 0.393. The summed E-state index contributed by atoms with van der Waals surface area (Å²) in [7, 11) is 0. The van der Waals surface area contributed by atoms with E-state index in [4.69, 9.17) is 0 Å². The second-order valence-corrected chi connectivity index (χ2v) is 4.88. The molecular weight excluding hydrogens is 222 g/mol. The molecule has 2 atom stereocenters. The predicted octanol–water partition coefficient (Wildman–Crippen LogP) is 2.30. The number of hydrogen-bond donors (Lipinski definition) is 1. The summed E-state index contributed by atoms with van der Waals surface area (Å²) in [6, 6.07) is 4.67. The Morgan fingerprint density at radius 2 is 1.88 bits per heavy atom. The molecule has 2 fully saturated rings. The van der Waals surface area contributed by atoms with Gasteiger partial charge in [0.1, 0.15) is 11.6 Å². The van der Waals surface area contributed by atoms with Crippen LogP contribution in [-0.2, 0) is 0 Å². The van der Waals surface area contributed by atoms with Crippen LogP contribution in [0.3, 0.4) is 0 Å². The molecule has 3 rings (SSSR count). The van der Waals surface area contributed by atoms with Crippen LogP contribution in [0.1, 0.15) is 19.3 Å². The number of benzene rings is 1. The third kappa shape index (κ3) is 2.02. The Morgan fingerprint density at radius 1 is 1.12 bits per heavy atom. The van der Waals surface area contributed by atoms with Crippen LogP contribution in [0, 0.1) is 11.6 Å². The number of rotatable bonds is 1. The van der Waals surface area contributed by atoms with Gasteiger partial charge >= 0.3 is 0 Å². The minimum Gasteiger partial charge on any atom is -0.366 e. The predicted molar refractivity (Wildman–Crippen MR) is 63.1 cm³/mol. The second-order valence-electron chi connectivity index (χ2n) is 4.88. The highest BCUT2D eigenvalue weighted by molar-refractivity contribution is 5.49. The molecule has 4 heteroatoms. The maximum Gasteiger partial charge on any atom is 0.128 e. The first-order valence-corrected chi connectivity index (χ1v) is 6.20. The molecule has 92 valence electrons. The summed E-state index contributed by atoms with van der Waals surface area (Å²) in [5.74, 6) is -0.985. The van der Waals surface area contributed by atoms with Crippen molar-refractivity contribution in [1.82, 2.24) is 5.32 Å². The van der Waals surface area contributed by atoms with Gasteiger partial charge < -0.3 is 10.2 Å². The Hall–Kier alpha value is -1.16. The molecule has 1 heterocycles. The Morgan fingerprint density at radius 3 is 2.65 bits per heavy atom. The highest BCUT2D eigenvalue weighted by Gasteiger charge is 2.35. The first-order chi connectivity index (χ1) is 8.24.